The molecule has 0 saturated carbocycles. The van der Waals surface area contributed by atoms with Crippen molar-refractivity contribution in [1.29, 1.82) is 0 Å². The van der Waals surface area contributed by atoms with E-state index in [9.17, 15) is 0 Å². The van der Waals surface area contributed by atoms with Gasteiger partial charge in [-0.25, -0.2) is 0 Å². The van der Waals surface area contributed by atoms with Gasteiger partial charge in [-0.05, 0) is 20.0 Å². The molecule has 0 radical (unpaired) electrons. The number of nitrogens with one attached hydrogen (secondary N) is 1. The van der Waals surface area contributed by atoms with Crippen LogP contribution in [0.4, 0.5) is 0 Å². The van der Waals surface area contributed by atoms with Gasteiger partial charge in [0, 0.05) is 0 Å². The Kier molecular flexibility index (Phi) is 18.9. The van der Waals surface area contributed by atoms with Crippen LogP contribution in [-0.2, 0) is 0 Å². The van der Waals surface area contributed by atoms with Gasteiger partial charge >= 0.3 is 0 Å². The predicted molar refractivity (Wildman–Crippen MR) is 69.4 cm³/mol. The van der Waals surface area contributed by atoms with E-state index in [0.29, 0.717) is 0 Å². The fourth-order valence-electron chi connectivity index (χ4n) is 1.79. The maximum Gasteiger partial charge on any atom is -0.00519 e. The molecule has 0 heterocycles. The maximum atomic E-state index is 3.19. The molecule has 0 aliphatic heterocycles. The Labute approximate surface area is 96.1 Å². The van der Waals surface area contributed by atoms with Crippen LogP contribution in [0.5, 0.6) is 0 Å². The molecule has 2 heteroatoms. The zero-order valence-electron chi connectivity index (χ0n) is 10.8. The Morgan fingerprint density at radius 3 is 1.47 bits per heavy atom. The summed E-state index contributed by atoms with van der Waals surface area (Å²) < 4.78 is 0. The molecule has 0 aromatic rings. The minimum atomic E-state index is 0. The molecule has 0 aliphatic rings. The van der Waals surface area contributed by atoms with Crippen LogP contribution < -0.4 is 5.32 Å². The maximum absolute atomic E-state index is 3.19. The molecule has 94 valence electrons. The van der Waals surface area contributed by atoms with Crippen molar-refractivity contribution in [3.63, 3.8) is 0 Å². The molecule has 3 N–H and O–H groups in total. The van der Waals surface area contributed by atoms with E-state index >= 15 is 0 Å². The Hall–Kier alpha value is -0.0800. The van der Waals surface area contributed by atoms with Gasteiger partial charge in [0.15, 0.2) is 0 Å². The fourth-order valence-corrected chi connectivity index (χ4v) is 1.79. The third-order valence-electron chi connectivity index (χ3n) is 2.78. The first-order chi connectivity index (χ1) is 6.91. The van der Waals surface area contributed by atoms with Crippen molar-refractivity contribution in [2.45, 2.75) is 71.1 Å². The molecule has 0 aromatic carbocycles. The van der Waals surface area contributed by atoms with Gasteiger partial charge in [0.05, 0.1) is 0 Å². The highest BCUT2D eigenvalue weighted by molar-refractivity contribution is 4.48. The molecule has 0 fully saturated rings. The van der Waals surface area contributed by atoms with Crippen molar-refractivity contribution in [3.8, 4) is 0 Å². The van der Waals surface area contributed by atoms with E-state index in [1.54, 1.807) is 0 Å². The van der Waals surface area contributed by atoms with Crippen LogP contribution in [0.3, 0.4) is 0 Å². The summed E-state index contributed by atoms with van der Waals surface area (Å²) in [6, 6.07) is 0. The zero-order valence-corrected chi connectivity index (χ0v) is 10.8. The van der Waals surface area contributed by atoms with E-state index in [1.165, 1.54) is 70.8 Å². The van der Waals surface area contributed by atoms with Gasteiger partial charge in [-0.15, -0.1) is 0 Å². The van der Waals surface area contributed by atoms with Crippen molar-refractivity contribution in [2.24, 2.45) is 0 Å². The monoisotopic (exact) mass is 217 g/mol. The predicted octanol–water partition coefficient (Wildman–Crippen LogP) is 3.30. The average molecular weight is 217 g/mol. The molecule has 0 aliphatic carbocycles. The Morgan fingerprint density at radius 1 is 0.667 bits per heavy atom. The Bertz CT molecular complexity index is 84.5. The van der Waals surface area contributed by atoms with Crippen molar-refractivity contribution >= 4 is 0 Å². The first-order valence-corrected chi connectivity index (χ1v) is 6.56. The molecular formula is C13H31NO. The normalized spacial score (nSPS) is 10.0. The van der Waals surface area contributed by atoms with Crippen molar-refractivity contribution < 1.29 is 5.48 Å². The van der Waals surface area contributed by atoms with E-state index in [1.807, 2.05) is 7.05 Å². The largest absolute Gasteiger partial charge is 0.412 e. The lowest BCUT2D eigenvalue weighted by molar-refractivity contribution is 0.551. The Balaban J connectivity index is 0. The van der Waals surface area contributed by atoms with Gasteiger partial charge in [0.2, 0.25) is 0 Å². The lowest BCUT2D eigenvalue weighted by Crippen LogP contribution is -2.06. The molecule has 0 rings (SSSR count). The SMILES string of the molecule is CCCCCCCCCCCCNC.O. The standard InChI is InChI=1S/C13H29N.H2O/c1-3-4-5-6-7-8-9-10-11-12-13-14-2;/h14H,3-13H2,1-2H3;1H2. The highest BCUT2D eigenvalue weighted by atomic mass is 16.0. The highest BCUT2D eigenvalue weighted by Gasteiger charge is 1.91. The first kappa shape index (κ1) is 17.3. The van der Waals surface area contributed by atoms with Crippen LogP contribution >= 0.6 is 0 Å². The molecule has 0 unspecified atom stereocenters. The number of unbranched alkanes of at least 4 members (excludes halogenated alkanes) is 9. The average Bonchev–Trinajstić information content (AvgIpc) is 2.21. The van der Waals surface area contributed by atoms with E-state index in [2.05, 4.69) is 12.2 Å². The van der Waals surface area contributed by atoms with E-state index in [4.69, 9.17) is 0 Å². The molecule has 2 nitrogen and oxygen atoms in total. The van der Waals surface area contributed by atoms with Crippen LogP contribution in [0.15, 0.2) is 0 Å². The van der Waals surface area contributed by atoms with Gasteiger partial charge < -0.3 is 10.8 Å². The van der Waals surface area contributed by atoms with E-state index in [0.717, 1.165) is 0 Å². The minimum Gasteiger partial charge on any atom is -0.412 e. The molecule has 15 heavy (non-hydrogen) atoms. The van der Waals surface area contributed by atoms with Crippen LogP contribution in [0.1, 0.15) is 71.1 Å². The molecule has 0 saturated heterocycles. The lowest BCUT2D eigenvalue weighted by atomic mass is 10.1. The van der Waals surface area contributed by atoms with Crippen LogP contribution in [0, 0.1) is 0 Å². The summed E-state index contributed by atoms with van der Waals surface area (Å²) in [5.74, 6) is 0. The second kappa shape index (κ2) is 16.4. The van der Waals surface area contributed by atoms with Gasteiger partial charge in [-0.3, -0.25) is 0 Å². The third-order valence-corrected chi connectivity index (χ3v) is 2.78. The van der Waals surface area contributed by atoms with Crippen molar-refractivity contribution in [3.05, 3.63) is 0 Å². The third kappa shape index (κ3) is 16.6. The summed E-state index contributed by atoms with van der Waals surface area (Å²) in [7, 11) is 2.04. The molecule has 0 aromatic heterocycles. The summed E-state index contributed by atoms with van der Waals surface area (Å²) in [4.78, 5) is 0. The summed E-state index contributed by atoms with van der Waals surface area (Å²) in [6.07, 6.45) is 14.3. The summed E-state index contributed by atoms with van der Waals surface area (Å²) in [5, 5.41) is 3.19. The molecule has 0 spiro atoms. The molecular weight excluding hydrogens is 186 g/mol. The first-order valence-electron chi connectivity index (χ1n) is 6.56. The second-order valence-corrected chi connectivity index (χ2v) is 4.29. The summed E-state index contributed by atoms with van der Waals surface area (Å²) in [6.45, 7) is 3.47. The smallest absolute Gasteiger partial charge is 0.00519 e. The highest BCUT2D eigenvalue weighted by Crippen LogP contribution is 2.09. The van der Waals surface area contributed by atoms with Crippen LogP contribution in [0.25, 0.3) is 0 Å². The van der Waals surface area contributed by atoms with Gasteiger partial charge in [-0.2, -0.15) is 0 Å². The molecule has 0 atom stereocenters. The quantitative estimate of drug-likeness (QED) is 0.530. The van der Waals surface area contributed by atoms with E-state index < -0.39 is 0 Å². The topological polar surface area (TPSA) is 43.5 Å². The lowest BCUT2D eigenvalue weighted by Gasteiger charge is -2.01. The van der Waals surface area contributed by atoms with Crippen molar-refractivity contribution in [1.82, 2.24) is 5.32 Å². The number of hydrogen-bond donors (Lipinski definition) is 1. The molecule has 0 amide bonds. The van der Waals surface area contributed by atoms with Gasteiger partial charge in [0.1, 0.15) is 0 Å². The Morgan fingerprint density at radius 2 is 1.07 bits per heavy atom. The summed E-state index contributed by atoms with van der Waals surface area (Å²) >= 11 is 0. The van der Waals surface area contributed by atoms with Crippen molar-refractivity contribution in [2.75, 3.05) is 13.6 Å². The fraction of sp³-hybridized carbons (Fsp3) is 1.00. The van der Waals surface area contributed by atoms with Gasteiger partial charge in [-0.1, -0.05) is 64.7 Å². The van der Waals surface area contributed by atoms with Crippen LogP contribution in [0.2, 0.25) is 0 Å². The molecule has 0 bridgehead atoms. The van der Waals surface area contributed by atoms with Gasteiger partial charge in [0.25, 0.3) is 0 Å². The zero-order chi connectivity index (χ0) is 10.5. The van der Waals surface area contributed by atoms with E-state index in [-0.39, 0.29) is 5.48 Å². The number of rotatable bonds is 11. The second-order valence-electron chi connectivity index (χ2n) is 4.29. The summed E-state index contributed by atoms with van der Waals surface area (Å²) in [5.41, 5.74) is 0. The minimum absolute atomic E-state index is 0. The number of hydrogen-bond acceptors (Lipinski definition) is 1. The van der Waals surface area contributed by atoms with Crippen LogP contribution in [-0.4, -0.2) is 19.1 Å².